The van der Waals surface area contributed by atoms with Crippen molar-refractivity contribution in [3.8, 4) is 0 Å². The average molecular weight is 432 g/mol. The highest BCUT2D eigenvalue weighted by molar-refractivity contribution is 7.89. The Kier molecular flexibility index (Phi) is 7.10. The molecule has 7 nitrogen and oxygen atoms in total. The third-order valence-electron chi connectivity index (χ3n) is 5.60. The van der Waals surface area contributed by atoms with E-state index in [1.807, 2.05) is 34.8 Å². The lowest BCUT2D eigenvalue weighted by Gasteiger charge is -2.30. The lowest BCUT2D eigenvalue weighted by Crippen LogP contribution is -2.37. The first-order valence-corrected chi connectivity index (χ1v) is 11.8. The average Bonchev–Trinajstić information content (AvgIpc) is 2.99. The molecule has 162 valence electrons. The zero-order valence-electron chi connectivity index (χ0n) is 17.5. The Morgan fingerprint density at radius 1 is 1.10 bits per heavy atom. The molecule has 0 aliphatic carbocycles. The molecule has 0 radical (unpaired) electrons. The van der Waals surface area contributed by atoms with Crippen LogP contribution in [0.2, 0.25) is 0 Å². The number of sulfonamides is 1. The highest BCUT2D eigenvalue weighted by atomic mass is 32.2. The van der Waals surface area contributed by atoms with Gasteiger partial charge in [-0.3, -0.25) is 9.59 Å². The van der Waals surface area contributed by atoms with Crippen LogP contribution in [0.25, 0.3) is 0 Å². The fourth-order valence-electron chi connectivity index (χ4n) is 3.92. The molecule has 1 N–H and O–H groups in total. The van der Waals surface area contributed by atoms with Gasteiger partial charge in [0.05, 0.1) is 10.9 Å². The number of carbonyl (C=O) groups is 2. The number of nitrogens with one attached hydrogen (secondary N) is 1. The van der Waals surface area contributed by atoms with Gasteiger partial charge in [0.25, 0.3) is 0 Å². The summed E-state index contributed by atoms with van der Waals surface area (Å²) in [7, 11) is -1.76. The maximum atomic E-state index is 13.0. The van der Waals surface area contributed by atoms with Crippen molar-refractivity contribution >= 4 is 21.7 Å². The van der Waals surface area contributed by atoms with E-state index >= 15 is 0 Å². The number of benzene rings is 1. The summed E-state index contributed by atoms with van der Waals surface area (Å²) in [5.74, 6) is -0.166. The number of hydrogen-bond acceptors (Lipinski definition) is 4. The first kappa shape index (κ1) is 22.2. The zero-order chi connectivity index (χ0) is 21.7. The summed E-state index contributed by atoms with van der Waals surface area (Å²) >= 11 is 0. The summed E-state index contributed by atoms with van der Waals surface area (Å²) < 4.78 is 29.5. The van der Waals surface area contributed by atoms with Gasteiger partial charge in [-0.2, -0.15) is 0 Å². The number of rotatable bonds is 7. The highest BCUT2D eigenvalue weighted by Crippen LogP contribution is 2.30. The molecule has 2 aromatic rings. The van der Waals surface area contributed by atoms with Gasteiger partial charge in [0.2, 0.25) is 15.9 Å². The zero-order valence-corrected chi connectivity index (χ0v) is 18.3. The minimum atomic E-state index is -3.74. The summed E-state index contributed by atoms with van der Waals surface area (Å²) in [5.41, 5.74) is 1.56. The number of aryl methyl sites for hydroxylation is 1. The molecule has 0 saturated carbocycles. The summed E-state index contributed by atoms with van der Waals surface area (Å²) in [5, 5.41) is 0. The molecule has 1 unspecified atom stereocenters. The number of likely N-dealkylation sites (tertiary alicyclic amines) is 1. The van der Waals surface area contributed by atoms with Crippen LogP contribution in [0, 0.1) is 0 Å². The first-order valence-electron chi connectivity index (χ1n) is 10.3. The maximum absolute atomic E-state index is 13.0. The fourth-order valence-corrected chi connectivity index (χ4v) is 4.95. The quantitative estimate of drug-likeness (QED) is 0.683. The van der Waals surface area contributed by atoms with Crippen molar-refractivity contribution in [2.24, 2.45) is 7.05 Å². The Balaban J connectivity index is 1.63. The minimum absolute atomic E-state index is 0.0238. The van der Waals surface area contributed by atoms with Crippen LogP contribution in [0.3, 0.4) is 0 Å². The molecule has 1 amide bonds. The lowest BCUT2D eigenvalue weighted by molar-refractivity contribution is -0.133. The Hall–Kier alpha value is -2.45. The van der Waals surface area contributed by atoms with Crippen molar-refractivity contribution in [2.75, 3.05) is 13.1 Å². The van der Waals surface area contributed by atoms with E-state index in [9.17, 15) is 18.0 Å². The van der Waals surface area contributed by atoms with Crippen molar-refractivity contribution in [1.82, 2.24) is 14.2 Å². The molecule has 0 spiro atoms. The van der Waals surface area contributed by atoms with Gasteiger partial charge in [0.15, 0.2) is 5.78 Å². The van der Waals surface area contributed by atoms with Gasteiger partial charge < -0.3 is 9.47 Å². The van der Waals surface area contributed by atoms with Crippen molar-refractivity contribution in [3.05, 3.63) is 53.9 Å². The molecular weight excluding hydrogens is 402 g/mol. The van der Waals surface area contributed by atoms with Gasteiger partial charge in [0, 0.05) is 44.0 Å². The number of hydrogen-bond donors (Lipinski definition) is 1. The van der Waals surface area contributed by atoms with Crippen molar-refractivity contribution in [3.63, 3.8) is 0 Å². The van der Waals surface area contributed by atoms with Crippen molar-refractivity contribution in [2.45, 2.75) is 50.0 Å². The van der Waals surface area contributed by atoms with Gasteiger partial charge in [-0.15, -0.1) is 0 Å². The second kappa shape index (κ2) is 9.57. The van der Waals surface area contributed by atoms with Crippen LogP contribution in [0.5, 0.6) is 0 Å². The SMILES string of the molecule is CC(=O)c1ccc(S(=O)(=O)NCCC(=O)N2CCCCCC2c2cccn2C)cc1. The molecule has 0 bridgehead atoms. The molecule has 1 fully saturated rings. The third-order valence-corrected chi connectivity index (χ3v) is 7.08. The Morgan fingerprint density at radius 2 is 1.83 bits per heavy atom. The second-order valence-electron chi connectivity index (χ2n) is 7.72. The first-order chi connectivity index (χ1) is 14.3. The van der Waals surface area contributed by atoms with Crippen LogP contribution in [-0.4, -0.2) is 42.7 Å². The predicted octanol–water partition coefficient (Wildman–Crippen LogP) is 3.04. The van der Waals surface area contributed by atoms with Crippen molar-refractivity contribution < 1.29 is 18.0 Å². The van der Waals surface area contributed by atoms with Crippen LogP contribution in [0.15, 0.2) is 47.5 Å². The number of ketones is 1. The van der Waals surface area contributed by atoms with Crippen LogP contribution in [0.1, 0.15) is 61.1 Å². The van der Waals surface area contributed by atoms with E-state index in [-0.39, 0.29) is 35.6 Å². The smallest absolute Gasteiger partial charge is 0.240 e. The highest BCUT2D eigenvalue weighted by Gasteiger charge is 2.28. The minimum Gasteiger partial charge on any atom is -0.353 e. The molecule has 1 aromatic heterocycles. The summed E-state index contributed by atoms with van der Waals surface area (Å²) in [4.78, 5) is 26.3. The van der Waals surface area contributed by atoms with Crippen molar-refractivity contribution in [1.29, 1.82) is 0 Å². The number of carbonyl (C=O) groups excluding carboxylic acids is 2. The number of aromatic nitrogens is 1. The lowest BCUT2D eigenvalue weighted by atomic mass is 10.1. The fraction of sp³-hybridized carbons (Fsp3) is 0.455. The summed E-state index contributed by atoms with van der Waals surface area (Å²) in [6, 6.07) is 9.84. The van der Waals surface area contributed by atoms with Crippen LogP contribution < -0.4 is 4.72 Å². The Bertz CT molecular complexity index is 996. The standard InChI is InChI=1S/C22H29N3O4S/c1-17(26)18-9-11-19(12-10-18)30(28,29)23-14-13-22(27)25-16-5-3-4-7-21(25)20-8-6-15-24(20)2/h6,8-12,15,21,23H,3-5,7,13-14,16H2,1-2H3. The Morgan fingerprint density at radius 3 is 2.47 bits per heavy atom. The van der Waals surface area contributed by atoms with E-state index in [0.29, 0.717) is 12.1 Å². The molecule has 1 saturated heterocycles. The predicted molar refractivity (Wildman–Crippen MR) is 115 cm³/mol. The molecule has 1 aromatic carbocycles. The van der Waals surface area contributed by atoms with Gasteiger partial charge in [0.1, 0.15) is 0 Å². The third kappa shape index (κ3) is 5.17. The molecule has 2 heterocycles. The topological polar surface area (TPSA) is 88.5 Å². The maximum Gasteiger partial charge on any atom is 0.240 e. The van der Waals surface area contributed by atoms with E-state index in [1.54, 1.807) is 0 Å². The van der Waals surface area contributed by atoms with Gasteiger partial charge in [-0.05, 0) is 44.0 Å². The van der Waals surface area contributed by atoms with Gasteiger partial charge in [-0.25, -0.2) is 13.1 Å². The van der Waals surface area contributed by atoms with Gasteiger partial charge >= 0.3 is 0 Å². The van der Waals surface area contributed by atoms with Crippen LogP contribution in [0.4, 0.5) is 0 Å². The summed E-state index contributed by atoms with van der Waals surface area (Å²) in [6.45, 7) is 2.15. The second-order valence-corrected chi connectivity index (χ2v) is 9.49. The van der Waals surface area contributed by atoms with E-state index in [0.717, 1.165) is 31.4 Å². The largest absolute Gasteiger partial charge is 0.353 e. The molecule has 3 rings (SSSR count). The van der Waals surface area contributed by atoms with Crippen LogP contribution in [-0.2, 0) is 21.9 Å². The molecule has 1 atom stereocenters. The van der Waals surface area contributed by atoms with Crippen LogP contribution >= 0.6 is 0 Å². The van der Waals surface area contributed by atoms with E-state index in [2.05, 4.69) is 4.72 Å². The molecular formula is C22H29N3O4S. The number of amides is 1. The van der Waals surface area contributed by atoms with E-state index in [1.165, 1.54) is 31.2 Å². The summed E-state index contributed by atoms with van der Waals surface area (Å²) in [6.07, 6.45) is 6.12. The monoisotopic (exact) mass is 431 g/mol. The van der Waals surface area contributed by atoms with Gasteiger partial charge in [-0.1, -0.05) is 25.0 Å². The Labute approximate surface area is 178 Å². The number of nitrogens with zero attached hydrogens (tertiary/aromatic N) is 2. The normalized spacial score (nSPS) is 17.5. The molecule has 8 heteroatoms. The number of Topliss-reactive ketones (excluding diaryl/α,β-unsaturated/α-hetero) is 1. The molecule has 1 aliphatic heterocycles. The van der Waals surface area contributed by atoms with E-state index in [4.69, 9.17) is 0 Å². The molecule has 30 heavy (non-hydrogen) atoms. The van der Waals surface area contributed by atoms with E-state index < -0.39 is 10.0 Å². The molecule has 1 aliphatic rings.